The van der Waals surface area contributed by atoms with Crippen LogP contribution in [0.2, 0.25) is 5.02 Å². The van der Waals surface area contributed by atoms with E-state index in [0.29, 0.717) is 11.6 Å². The molecule has 0 radical (unpaired) electrons. The minimum Gasteiger partial charge on any atom is -0.391 e. The van der Waals surface area contributed by atoms with Crippen LogP contribution in [0.15, 0.2) is 42.1 Å². The fourth-order valence-electron chi connectivity index (χ4n) is 1.97. The van der Waals surface area contributed by atoms with E-state index in [4.69, 9.17) is 16.7 Å². The van der Waals surface area contributed by atoms with Gasteiger partial charge in [0, 0.05) is 17.1 Å². The van der Waals surface area contributed by atoms with Gasteiger partial charge in [0.2, 0.25) is 0 Å². The number of benzene rings is 1. The zero-order valence-electron chi connectivity index (χ0n) is 12.3. The summed E-state index contributed by atoms with van der Waals surface area (Å²) in [5.74, 6) is 1.73. The second-order valence-corrected chi connectivity index (χ2v) is 6.15. The number of hydrogen-bond acceptors (Lipinski definition) is 4. The maximum Gasteiger partial charge on any atom is 0.192 e. The van der Waals surface area contributed by atoms with Crippen LogP contribution in [0.25, 0.3) is 11.4 Å². The Morgan fingerprint density at radius 1 is 1.27 bits per heavy atom. The fourth-order valence-corrected chi connectivity index (χ4v) is 2.98. The van der Waals surface area contributed by atoms with Crippen LogP contribution in [0.3, 0.4) is 0 Å². The minimum atomic E-state index is 0.206. The summed E-state index contributed by atoms with van der Waals surface area (Å²) in [6.45, 7) is 6.34. The average molecular weight is 340 g/mol. The van der Waals surface area contributed by atoms with Gasteiger partial charge in [0.25, 0.3) is 0 Å². The summed E-state index contributed by atoms with van der Waals surface area (Å²) in [4.78, 5) is 0. The lowest BCUT2D eigenvalue weighted by Crippen LogP contribution is -2.85. The van der Waals surface area contributed by atoms with E-state index >= 15 is 0 Å². The third-order valence-corrected chi connectivity index (χ3v) is 4.27. The van der Waals surface area contributed by atoms with E-state index in [9.17, 15) is 0 Å². The lowest BCUT2D eigenvalue weighted by atomic mass is 10.2. The maximum absolute atomic E-state index is 8.76. The predicted octanol–water partition coefficient (Wildman–Crippen LogP) is 1.43. The van der Waals surface area contributed by atoms with E-state index in [1.54, 1.807) is 11.8 Å². The number of hydrogen-bond donors (Lipinski definition) is 2. The Bertz CT molecular complexity index is 600. The van der Waals surface area contributed by atoms with Crippen LogP contribution < -0.4 is 5.32 Å². The maximum atomic E-state index is 8.76. The molecule has 2 aromatic rings. The molecule has 1 aromatic heterocycles. The molecule has 0 saturated carbocycles. The molecule has 0 fully saturated rings. The second-order valence-electron chi connectivity index (χ2n) is 4.65. The summed E-state index contributed by atoms with van der Waals surface area (Å²) >= 11 is 7.59. The van der Waals surface area contributed by atoms with E-state index in [1.165, 1.54) is 0 Å². The average Bonchev–Trinajstić information content (AvgIpc) is 2.91. The van der Waals surface area contributed by atoms with Gasteiger partial charge in [-0.05, 0) is 24.3 Å². The van der Waals surface area contributed by atoms with E-state index in [2.05, 4.69) is 22.1 Å². The molecule has 0 amide bonds. The highest BCUT2D eigenvalue weighted by atomic mass is 35.5. The molecule has 22 heavy (non-hydrogen) atoms. The van der Waals surface area contributed by atoms with Crippen molar-refractivity contribution in [2.24, 2.45) is 0 Å². The molecule has 3 N–H and O–H groups in total. The smallest absolute Gasteiger partial charge is 0.192 e. The van der Waals surface area contributed by atoms with Crippen molar-refractivity contribution in [2.45, 2.75) is 11.7 Å². The Balaban J connectivity index is 2.11. The molecule has 1 aromatic carbocycles. The number of nitrogens with two attached hydrogens (primary N) is 1. The van der Waals surface area contributed by atoms with Gasteiger partial charge in [0.05, 0.1) is 25.4 Å². The summed E-state index contributed by atoms with van der Waals surface area (Å²) in [5.41, 5.74) is 0.984. The molecule has 0 saturated heterocycles. The lowest BCUT2D eigenvalue weighted by Gasteiger charge is -2.07. The number of thioether (sulfide) groups is 1. The summed E-state index contributed by atoms with van der Waals surface area (Å²) in [5, 5.41) is 21.0. The van der Waals surface area contributed by atoms with E-state index < -0.39 is 0 Å². The normalized spacial score (nSPS) is 10.8. The third-order valence-electron chi connectivity index (χ3n) is 3.02. The number of quaternary nitrogens is 1. The number of halogens is 1. The first-order valence-corrected chi connectivity index (χ1v) is 8.48. The van der Waals surface area contributed by atoms with Gasteiger partial charge in [0.15, 0.2) is 11.0 Å². The molecular formula is C15H20ClN4OS+. The van der Waals surface area contributed by atoms with Crippen molar-refractivity contribution < 1.29 is 10.4 Å². The number of aromatic nitrogens is 3. The Kier molecular flexibility index (Phi) is 6.92. The summed E-state index contributed by atoms with van der Waals surface area (Å²) in [6.07, 6.45) is 1.84. The van der Waals surface area contributed by atoms with Gasteiger partial charge in [-0.3, -0.25) is 4.57 Å². The monoisotopic (exact) mass is 339 g/mol. The minimum absolute atomic E-state index is 0.206. The zero-order valence-corrected chi connectivity index (χ0v) is 13.9. The van der Waals surface area contributed by atoms with E-state index in [1.807, 2.05) is 34.9 Å². The van der Waals surface area contributed by atoms with Crippen molar-refractivity contribution in [3.8, 4) is 11.4 Å². The Labute approximate surface area is 139 Å². The standard InChI is InChI=1S/C15H19ClN4OS/c1-2-9-20-14(12-3-5-13(16)6-4-12)18-19-15(20)22-11-8-17-7-10-21/h2-6,17,21H,1,7-11H2/p+1. The molecule has 0 bridgehead atoms. The van der Waals surface area contributed by atoms with Crippen LogP contribution in [0.1, 0.15) is 0 Å². The Morgan fingerprint density at radius 2 is 2.05 bits per heavy atom. The van der Waals surface area contributed by atoms with Gasteiger partial charge in [-0.25, -0.2) is 0 Å². The highest BCUT2D eigenvalue weighted by molar-refractivity contribution is 7.99. The third kappa shape index (κ3) is 4.58. The first-order chi connectivity index (χ1) is 10.8. The van der Waals surface area contributed by atoms with Crippen LogP contribution in [0.4, 0.5) is 0 Å². The molecule has 0 aliphatic heterocycles. The molecule has 0 aliphatic carbocycles. The van der Waals surface area contributed by atoms with E-state index in [0.717, 1.165) is 35.4 Å². The van der Waals surface area contributed by atoms with Gasteiger partial charge < -0.3 is 10.4 Å². The number of allylic oxidation sites excluding steroid dienone is 1. The molecule has 0 aliphatic rings. The van der Waals surface area contributed by atoms with Gasteiger partial charge in [-0.1, -0.05) is 29.4 Å². The molecule has 0 unspecified atom stereocenters. The molecule has 2 rings (SSSR count). The molecule has 0 atom stereocenters. The largest absolute Gasteiger partial charge is 0.391 e. The number of rotatable bonds is 9. The first-order valence-electron chi connectivity index (χ1n) is 7.11. The number of aliphatic hydroxyl groups is 1. The number of aliphatic hydroxyl groups excluding tert-OH is 1. The summed E-state index contributed by atoms with van der Waals surface area (Å²) in [7, 11) is 0. The van der Waals surface area contributed by atoms with Crippen LogP contribution in [-0.4, -0.2) is 45.3 Å². The number of nitrogens with zero attached hydrogens (tertiary/aromatic N) is 3. The van der Waals surface area contributed by atoms with Gasteiger partial charge in [0.1, 0.15) is 0 Å². The van der Waals surface area contributed by atoms with Gasteiger partial charge in [-0.15, -0.1) is 16.8 Å². The van der Waals surface area contributed by atoms with Crippen LogP contribution in [-0.2, 0) is 6.54 Å². The fraction of sp³-hybridized carbons (Fsp3) is 0.333. The van der Waals surface area contributed by atoms with Crippen molar-refractivity contribution >= 4 is 23.4 Å². The topological polar surface area (TPSA) is 67.5 Å². The first kappa shape index (κ1) is 17.0. The highest BCUT2D eigenvalue weighted by Crippen LogP contribution is 2.24. The molecule has 1 heterocycles. The van der Waals surface area contributed by atoms with Crippen molar-refractivity contribution in [3.05, 3.63) is 41.9 Å². The molecule has 7 heteroatoms. The predicted molar refractivity (Wildman–Crippen MR) is 90.1 cm³/mol. The van der Waals surface area contributed by atoms with E-state index in [-0.39, 0.29) is 6.61 Å². The summed E-state index contributed by atoms with van der Waals surface area (Å²) < 4.78 is 2.05. The Hall–Kier alpha value is -1.34. The van der Waals surface area contributed by atoms with Crippen molar-refractivity contribution in [3.63, 3.8) is 0 Å². The van der Waals surface area contributed by atoms with Gasteiger partial charge in [-0.2, -0.15) is 0 Å². The van der Waals surface area contributed by atoms with Crippen molar-refractivity contribution in [1.29, 1.82) is 0 Å². The van der Waals surface area contributed by atoms with Crippen molar-refractivity contribution in [1.82, 2.24) is 14.8 Å². The SMILES string of the molecule is C=CCn1c(SCC[NH2+]CCO)nnc1-c1ccc(Cl)cc1. The van der Waals surface area contributed by atoms with Crippen LogP contribution in [0.5, 0.6) is 0 Å². The van der Waals surface area contributed by atoms with Crippen LogP contribution in [0, 0.1) is 0 Å². The molecular weight excluding hydrogens is 320 g/mol. The molecule has 0 spiro atoms. The van der Waals surface area contributed by atoms with Gasteiger partial charge >= 0.3 is 0 Å². The quantitative estimate of drug-likeness (QED) is 0.412. The second kappa shape index (κ2) is 8.95. The summed E-state index contributed by atoms with van der Waals surface area (Å²) in [6, 6.07) is 7.58. The highest BCUT2D eigenvalue weighted by Gasteiger charge is 2.13. The Morgan fingerprint density at radius 3 is 2.73 bits per heavy atom. The molecule has 118 valence electrons. The molecule has 5 nitrogen and oxygen atoms in total. The lowest BCUT2D eigenvalue weighted by molar-refractivity contribution is -0.651. The zero-order chi connectivity index (χ0) is 15.8. The van der Waals surface area contributed by atoms with Crippen LogP contribution >= 0.6 is 23.4 Å². The van der Waals surface area contributed by atoms with Crippen molar-refractivity contribution in [2.75, 3.05) is 25.4 Å².